The smallest absolute Gasteiger partial charge is 0.0668 e. The van der Waals surface area contributed by atoms with Crippen LogP contribution in [0.15, 0.2) is 88.8 Å². The maximum absolute atomic E-state index is 6.00. The average molecular weight is 492 g/mol. The fraction of sp³-hybridized carbons (Fsp3) is 0.160. The van der Waals surface area contributed by atoms with Crippen molar-refractivity contribution in [3.05, 3.63) is 101 Å². The Labute approximate surface area is 206 Å². The number of allylic oxidation sites excluding steroid dienone is 1. The van der Waals surface area contributed by atoms with E-state index in [1.165, 1.54) is 27.3 Å². The molecule has 0 spiro atoms. The first-order valence-corrected chi connectivity index (χ1v) is 11.1. The van der Waals surface area contributed by atoms with Crippen LogP contribution in [0.3, 0.4) is 0 Å². The Morgan fingerprint density at radius 1 is 0.935 bits per heavy atom. The number of benzodiazepines with no additional fused rings is 1. The number of benzene rings is 3. The number of fused-ring (bicyclic) bond motifs is 1. The number of likely N-dealkylation sites (N-methyl/N-ethyl adjacent to an activating group) is 1. The van der Waals surface area contributed by atoms with Crippen molar-refractivity contribution in [3.63, 3.8) is 0 Å². The minimum Gasteiger partial charge on any atom is -0.372 e. The maximum atomic E-state index is 6.00. The molecular formula is C25H25Cl3N2S. The summed E-state index contributed by atoms with van der Waals surface area (Å²) < 4.78 is 0. The lowest BCUT2D eigenvalue weighted by molar-refractivity contribution is 0.897. The van der Waals surface area contributed by atoms with E-state index in [9.17, 15) is 0 Å². The number of hydrogen-bond acceptors (Lipinski definition) is 3. The predicted octanol–water partition coefficient (Wildman–Crippen LogP) is 7.43. The number of halogens is 3. The van der Waals surface area contributed by atoms with Crippen molar-refractivity contribution in [2.75, 3.05) is 25.0 Å². The molecule has 0 bridgehead atoms. The summed E-state index contributed by atoms with van der Waals surface area (Å²) in [4.78, 5) is 8.37. The molecular weight excluding hydrogens is 467 g/mol. The van der Waals surface area contributed by atoms with E-state index >= 15 is 0 Å². The van der Waals surface area contributed by atoms with Crippen LogP contribution >= 0.6 is 48.2 Å². The molecule has 2 nitrogen and oxygen atoms in total. The lowest BCUT2D eigenvalue weighted by atomic mass is 10.1. The van der Waals surface area contributed by atoms with Crippen LogP contribution in [0.2, 0.25) is 5.02 Å². The molecule has 0 atom stereocenters. The monoisotopic (exact) mass is 490 g/mol. The van der Waals surface area contributed by atoms with Gasteiger partial charge in [0.2, 0.25) is 0 Å². The first-order chi connectivity index (χ1) is 14.2. The molecule has 3 aromatic rings. The number of rotatable bonds is 5. The molecule has 0 N–H and O–H groups in total. The summed E-state index contributed by atoms with van der Waals surface area (Å²) in [6.07, 6.45) is 4.34. The van der Waals surface area contributed by atoms with Crippen LogP contribution in [-0.4, -0.2) is 25.8 Å². The highest BCUT2D eigenvalue weighted by Gasteiger charge is 2.13. The summed E-state index contributed by atoms with van der Waals surface area (Å²) in [5, 5.41) is 0.775. The second-order valence-electron chi connectivity index (χ2n) is 6.99. The van der Waals surface area contributed by atoms with E-state index in [1.54, 1.807) is 0 Å². The fourth-order valence-corrected chi connectivity index (χ4v) is 4.47. The Kier molecular flexibility index (Phi) is 9.98. The van der Waals surface area contributed by atoms with E-state index < -0.39 is 0 Å². The number of para-hydroxylation sites is 1. The van der Waals surface area contributed by atoms with Crippen molar-refractivity contribution in [1.82, 2.24) is 0 Å². The maximum Gasteiger partial charge on any atom is 0.0668 e. The van der Waals surface area contributed by atoms with Crippen molar-refractivity contribution in [2.45, 2.75) is 10.6 Å². The van der Waals surface area contributed by atoms with E-state index in [4.69, 9.17) is 16.6 Å². The van der Waals surface area contributed by atoms with Crippen LogP contribution in [-0.2, 0) is 5.75 Å². The summed E-state index contributed by atoms with van der Waals surface area (Å²) in [5.41, 5.74) is 5.95. The first-order valence-electron chi connectivity index (χ1n) is 9.70. The van der Waals surface area contributed by atoms with Gasteiger partial charge in [0.25, 0.3) is 0 Å². The van der Waals surface area contributed by atoms with Gasteiger partial charge in [0.05, 0.1) is 12.3 Å². The van der Waals surface area contributed by atoms with Gasteiger partial charge < -0.3 is 4.90 Å². The lowest BCUT2D eigenvalue weighted by Crippen LogP contribution is -2.20. The molecule has 0 radical (unpaired) electrons. The van der Waals surface area contributed by atoms with Gasteiger partial charge in [-0.25, -0.2) is 0 Å². The van der Waals surface area contributed by atoms with Gasteiger partial charge in [-0.15, -0.1) is 36.6 Å². The first kappa shape index (κ1) is 25.4. The van der Waals surface area contributed by atoms with Crippen molar-refractivity contribution >= 4 is 65.7 Å². The Morgan fingerprint density at radius 3 is 2.45 bits per heavy atom. The Morgan fingerprint density at radius 2 is 1.65 bits per heavy atom. The molecule has 0 aromatic heterocycles. The molecule has 1 heterocycles. The number of hydrogen-bond donors (Lipinski definition) is 0. The summed E-state index contributed by atoms with van der Waals surface area (Å²) >= 11 is 7.84. The molecule has 0 saturated heterocycles. The van der Waals surface area contributed by atoms with Crippen LogP contribution in [0.4, 0.5) is 5.69 Å². The summed E-state index contributed by atoms with van der Waals surface area (Å²) in [6.45, 7) is 1.74. The number of anilines is 1. The number of aliphatic imine (C=N–C) groups is 1. The highest BCUT2D eigenvalue weighted by atomic mass is 35.5. The number of nitrogens with zero attached hydrogens (tertiary/aromatic N) is 2. The van der Waals surface area contributed by atoms with E-state index in [2.05, 4.69) is 84.8 Å². The van der Waals surface area contributed by atoms with Crippen molar-refractivity contribution in [3.8, 4) is 0 Å². The highest BCUT2D eigenvalue weighted by molar-refractivity contribution is 7.98. The van der Waals surface area contributed by atoms with E-state index in [0.717, 1.165) is 29.6 Å². The molecule has 0 unspecified atom stereocenters. The molecule has 0 amide bonds. The van der Waals surface area contributed by atoms with Gasteiger partial charge >= 0.3 is 0 Å². The average Bonchev–Trinajstić information content (AvgIpc) is 2.91. The van der Waals surface area contributed by atoms with Crippen molar-refractivity contribution in [1.29, 1.82) is 0 Å². The molecule has 3 aromatic carbocycles. The number of thioether (sulfide) groups is 1. The molecule has 1 aliphatic heterocycles. The summed E-state index contributed by atoms with van der Waals surface area (Å²) in [6, 6.07) is 25.1. The van der Waals surface area contributed by atoms with Gasteiger partial charge in [-0.1, -0.05) is 66.2 Å². The van der Waals surface area contributed by atoms with Gasteiger partial charge in [-0.05, 0) is 41.5 Å². The summed E-state index contributed by atoms with van der Waals surface area (Å²) in [5.74, 6) is 0.913. The van der Waals surface area contributed by atoms with Crippen LogP contribution in [0.5, 0.6) is 0 Å². The second-order valence-corrected chi connectivity index (χ2v) is 8.45. The van der Waals surface area contributed by atoms with Gasteiger partial charge in [0, 0.05) is 40.5 Å². The molecule has 4 rings (SSSR count). The lowest BCUT2D eigenvalue weighted by Gasteiger charge is -2.18. The van der Waals surface area contributed by atoms with Crippen LogP contribution in [0.25, 0.3) is 6.08 Å². The van der Waals surface area contributed by atoms with Gasteiger partial charge in [0.1, 0.15) is 0 Å². The molecule has 0 aliphatic carbocycles. The molecule has 0 saturated carbocycles. The Balaban J connectivity index is 0.00000171. The normalized spacial score (nSPS) is 13.0. The van der Waals surface area contributed by atoms with Gasteiger partial charge in [-0.3, -0.25) is 4.99 Å². The SMILES string of the molecule is CN1CCN=C(/C=C/c2ccccc2SCc2ccc(Cl)cc2)c2ccccc21.Cl.Cl. The zero-order valence-corrected chi connectivity index (χ0v) is 20.4. The predicted molar refractivity (Wildman–Crippen MR) is 142 cm³/mol. The molecule has 0 fully saturated rings. The third kappa shape index (κ3) is 6.54. The van der Waals surface area contributed by atoms with Crippen LogP contribution in [0, 0.1) is 0 Å². The second kappa shape index (κ2) is 12.2. The molecule has 1 aliphatic rings. The topological polar surface area (TPSA) is 15.6 Å². The van der Waals surface area contributed by atoms with Gasteiger partial charge in [-0.2, -0.15) is 0 Å². The largest absolute Gasteiger partial charge is 0.372 e. The molecule has 6 heteroatoms. The van der Waals surface area contributed by atoms with E-state index in [1.807, 2.05) is 23.9 Å². The zero-order valence-electron chi connectivity index (χ0n) is 17.2. The summed E-state index contributed by atoms with van der Waals surface area (Å²) in [7, 11) is 2.13. The third-order valence-corrected chi connectivity index (χ3v) is 6.37. The van der Waals surface area contributed by atoms with E-state index in [0.29, 0.717) is 0 Å². The quantitative estimate of drug-likeness (QED) is 0.345. The Hall–Kier alpha value is -1.91. The van der Waals surface area contributed by atoms with E-state index in [-0.39, 0.29) is 24.8 Å². The third-order valence-electron chi connectivity index (χ3n) is 4.96. The Bertz CT molecular complexity index is 1050. The fourth-order valence-electron chi connectivity index (χ4n) is 3.35. The molecule has 31 heavy (non-hydrogen) atoms. The minimum absolute atomic E-state index is 0. The van der Waals surface area contributed by atoms with Gasteiger partial charge in [0.15, 0.2) is 0 Å². The molecule has 162 valence electrons. The standard InChI is InChI=1S/C25H23ClN2S.2ClH/c1-28-17-16-27-23(22-7-3-4-8-24(22)28)15-12-20-6-2-5-9-25(20)29-18-19-10-13-21(26)14-11-19;;/h2-15H,16-18H2,1H3;2*1H/b15-12+;;. The van der Waals surface area contributed by atoms with Crippen LogP contribution < -0.4 is 4.90 Å². The minimum atomic E-state index is 0. The van der Waals surface area contributed by atoms with Crippen LogP contribution in [0.1, 0.15) is 16.7 Å². The van der Waals surface area contributed by atoms with Crippen molar-refractivity contribution in [2.24, 2.45) is 4.99 Å². The van der Waals surface area contributed by atoms with Crippen molar-refractivity contribution < 1.29 is 0 Å². The highest BCUT2D eigenvalue weighted by Crippen LogP contribution is 2.28. The zero-order chi connectivity index (χ0) is 20.1.